The fourth-order valence-electron chi connectivity index (χ4n) is 0.724. The average molecular weight is 220 g/mol. The Balaban J connectivity index is 3.01. The number of carbonyl (C=O) groups is 1. The summed E-state index contributed by atoms with van der Waals surface area (Å²) in [5.74, 6) is -1.55. The molecule has 0 atom stereocenters. The van der Waals surface area contributed by atoms with E-state index in [4.69, 9.17) is 5.73 Å². The number of nitrogens with zero attached hydrogens (tertiary/aromatic N) is 1. The first-order chi connectivity index (χ1) is 5.92. The molecule has 0 saturated carbocycles. The average Bonchev–Trinajstić information content (AvgIpc) is 2.32. The summed E-state index contributed by atoms with van der Waals surface area (Å²) in [6, 6.07) is 0. The number of thiazole rings is 1. The van der Waals surface area contributed by atoms with E-state index >= 15 is 0 Å². The maximum absolute atomic E-state index is 11.3. The summed E-state index contributed by atoms with van der Waals surface area (Å²) in [6.45, 7) is 1.68. The molecule has 5 nitrogen and oxygen atoms in total. The monoisotopic (exact) mass is 220 g/mol. The van der Waals surface area contributed by atoms with Gasteiger partial charge in [-0.1, -0.05) is 0 Å². The molecule has 7 heteroatoms. The summed E-state index contributed by atoms with van der Waals surface area (Å²) in [6.07, 6.45) is 0. The zero-order valence-corrected chi connectivity index (χ0v) is 8.48. The van der Waals surface area contributed by atoms with E-state index in [1.54, 1.807) is 12.3 Å². The molecule has 1 aromatic heterocycles. The molecule has 1 amide bonds. The first-order valence-electron chi connectivity index (χ1n) is 3.35. The molecule has 2 N–H and O–H groups in total. The molecule has 72 valence electrons. The second-order valence-corrected chi connectivity index (χ2v) is 5.50. The number of hydrogen-bond acceptors (Lipinski definition) is 5. The van der Waals surface area contributed by atoms with Gasteiger partial charge in [0.05, 0.1) is 0 Å². The molecule has 0 aliphatic carbocycles. The van der Waals surface area contributed by atoms with Gasteiger partial charge < -0.3 is 5.73 Å². The van der Waals surface area contributed by atoms with Gasteiger partial charge in [0.15, 0.2) is 0 Å². The SMILES string of the molecule is Cc1csc(S(=O)(=O)CC(N)=O)n1. The van der Waals surface area contributed by atoms with Crippen LogP contribution in [0.3, 0.4) is 0 Å². The van der Waals surface area contributed by atoms with Gasteiger partial charge in [-0.15, -0.1) is 11.3 Å². The second kappa shape index (κ2) is 3.43. The third kappa shape index (κ3) is 2.49. The van der Waals surface area contributed by atoms with Crippen LogP contribution < -0.4 is 5.73 Å². The van der Waals surface area contributed by atoms with Crippen molar-refractivity contribution in [2.24, 2.45) is 5.73 Å². The largest absolute Gasteiger partial charge is 0.369 e. The van der Waals surface area contributed by atoms with E-state index in [1.165, 1.54) is 0 Å². The molecule has 0 aromatic carbocycles. The molecule has 0 unspecified atom stereocenters. The molecule has 0 spiro atoms. The Morgan fingerprint density at radius 3 is 2.69 bits per heavy atom. The van der Waals surface area contributed by atoms with Crippen LogP contribution in [0.4, 0.5) is 0 Å². The lowest BCUT2D eigenvalue weighted by molar-refractivity contribution is -0.115. The minimum Gasteiger partial charge on any atom is -0.369 e. The topological polar surface area (TPSA) is 90.1 Å². The summed E-state index contributed by atoms with van der Waals surface area (Å²) in [5, 5.41) is 1.61. The first kappa shape index (κ1) is 10.1. The number of hydrogen-bond donors (Lipinski definition) is 1. The Hall–Kier alpha value is -0.950. The number of primary amides is 1. The Kier molecular flexibility index (Phi) is 2.67. The maximum Gasteiger partial charge on any atom is 0.233 e. The molecule has 0 radical (unpaired) electrons. The van der Waals surface area contributed by atoms with E-state index in [9.17, 15) is 13.2 Å². The summed E-state index contributed by atoms with van der Waals surface area (Å²) < 4.78 is 22.6. The van der Waals surface area contributed by atoms with E-state index in [1.807, 2.05) is 0 Å². The van der Waals surface area contributed by atoms with Gasteiger partial charge in [-0.05, 0) is 6.92 Å². The summed E-state index contributed by atoms with van der Waals surface area (Å²) in [5.41, 5.74) is 5.40. The number of amides is 1. The van der Waals surface area contributed by atoms with Gasteiger partial charge >= 0.3 is 0 Å². The van der Waals surface area contributed by atoms with Crippen molar-refractivity contribution < 1.29 is 13.2 Å². The highest BCUT2D eigenvalue weighted by atomic mass is 32.2. The molecule has 1 rings (SSSR count). The summed E-state index contributed by atoms with van der Waals surface area (Å²) in [7, 11) is -3.61. The molecule has 0 saturated heterocycles. The zero-order chi connectivity index (χ0) is 10.1. The predicted molar refractivity (Wildman–Crippen MR) is 48.1 cm³/mol. The highest BCUT2D eigenvalue weighted by Gasteiger charge is 2.20. The molecule has 13 heavy (non-hydrogen) atoms. The van der Waals surface area contributed by atoms with Crippen molar-refractivity contribution in [3.63, 3.8) is 0 Å². The van der Waals surface area contributed by atoms with Crippen LogP contribution in [0, 0.1) is 6.92 Å². The van der Waals surface area contributed by atoms with Crippen LogP contribution in [0.15, 0.2) is 9.72 Å². The van der Waals surface area contributed by atoms with E-state index < -0.39 is 21.5 Å². The number of sulfone groups is 1. The lowest BCUT2D eigenvalue weighted by Crippen LogP contribution is -2.23. The quantitative estimate of drug-likeness (QED) is 0.758. The van der Waals surface area contributed by atoms with Crippen LogP contribution in [0.5, 0.6) is 0 Å². The third-order valence-electron chi connectivity index (χ3n) is 1.20. The Morgan fingerprint density at radius 2 is 2.31 bits per heavy atom. The fraction of sp³-hybridized carbons (Fsp3) is 0.333. The van der Waals surface area contributed by atoms with Gasteiger partial charge in [-0.25, -0.2) is 13.4 Å². The minimum absolute atomic E-state index is 0.0520. The van der Waals surface area contributed by atoms with Gasteiger partial charge in [-0.3, -0.25) is 4.79 Å². The molecular formula is C6H8N2O3S2. The van der Waals surface area contributed by atoms with Gasteiger partial charge in [-0.2, -0.15) is 0 Å². The van der Waals surface area contributed by atoms with E-state index in [0.717, 1.165) is 11.3 Å². The number of rotatable bonds is 3. The van der Waals surface area contributed by atoms with Crippen molar-refractivity contribution >= 4 is 27.1 Å². The van der Waals surface area contributed by atoms with Crippen molar-refractivity contribution in [3.8, 4) is 0 Å². The van der Waals surface area contributed by atoms with Crippen molar-refractivity contribution in [2.75, 3.05) is 5.75 Å². The van der Waals surface area contributed by atoms with Crippen LogP contribution in [0.1, 0.15) is 5.69 Å². The fourth-order valence-corrected chi connectivity index (χ4v) is 2.93. The first-order valence-corrected chi connectivity index (χ1v) is 5.88. The van der Waals surface area contributed by atoms with Gasteiger partial charge in [0, 0.05) is 11.1 Å². The lowest BCUT2D eigenvalue weighted by Gasteiger charge is -1.94. The van der Waals surface area contributed by atoms with E-state index in [-0.39, 0.29) is 4.34 Å². The van der Waals surface area contributed by atoms with Crippen molar-refractivity contribution in [1.82, 2.24) is 4.98 Å². The molecule has 0 aliphatic heterocycles. The standard InChI is InChI=1S/C6H8N2O3S2/c1-4-2-12-6(8-4)13(10,11)3-5(7)9/h2H,3H2,1H3,(H2,7,9). The molecule has 0 aliphatic rings. The Labute approximate surface area is 79.5 Å². The Bertz CT molecular complexity index is 421. The molecular weight excluding hydrogens is 212 g/mol. The molecule has 0 bridgehead atoms. The molecule has 0 fully saturated rings. The molecule has 1 heterocycles. The lowest BCUT2D eigenvalue weighted by atomic mass is 10.6. The van der Waals surface area contributed by atoms with E-state index in [0.29, 0.717) is 5.69 Å². The number of nitrogens with two attached hydrogens (primary N) is 1. The van der Waals surface area contributed by atoms with Crippen LogP contribution in [-0.4, -0.2) is 25.1 Å². The third-order valence-corrected chi connectivity index (χ3v) is 4.29. The van der Waals surface area contributed by atoms with Crippen LogP contribution >= 0.6 is 11.3 Å². The predicted octanol–water partition coefficient (Wildman–Crippen LogP) is -0.289. The zero-order valence-electron chi connectivity index (χ0n) is 6.85. The van der Waals surface area contributed by atoms with E-state index in [2.05, 4.69) is 4.98 Å². The number of aromatic nitrogens is 1. The van der Waals surface area contributed by atoms with Crippen LogP contribution in [-0.2, 0) is 14.6 Å². The smallest absolute Gasteiger partial charge is 0.233 e. The highest BCUT2D eigenvalue weighted by molar-refractivity contribution is 7.93. The normalized spacial score (nSPS) is 11.5. The van der Waals surface area contributed by atoms with Gasteiger partial charge in [0.1, 0.15) is 5.75 Å². The van der Waals surface area contributed by atoms with Crippen molar-refractivity contribution in [3.05, 3.63) is 11.1 Å². The highest BCUT2D eigenvalue weighted by Crippen LogP contribution is 2.16. The maximum atomic E-state index is 11.3. The van der Waals surface area contributed by atoms with Gasteiger partial charge in [0.2, 0.25) is 20.1 Å². The van der Waals surface area contributed by atoms with Crippen molar-refractivity contribution in [1.29, 1.82) is 0 Å². The Morgan fingerprint density at radius 1 is 1.69 bits per heavy atom. The summed E-state index contributed by atoms with van der Waals surface area (Å²) >= 11 is 0.992. The van der Waals surface area contributed by atoms with Gasteiger partial charge in [0.25, 0.3) is 0 Å². The summed E-state index contributed by atoms with van der Waals surface area (Å²) in [4.78, 5) is 14.2. The van der Waals surface area contributed by atoms with Crippen LogP contribution in [0.2, 0.25) is 0 Å². The minimum atomic E-state index is -3.61. The van der Waals surface area contributed by atoms with Crippen LogP contribution in [0.25, 0.3) is 0 Å². The number of aryl methyl sites for hydroxylation is 1. The molecule has 1 aromatic rings. The van der Waals surface area contributed by atoms with Crippen molar-refractivity contribution in [2.45, 2.75) is 11.3 Å². The number of carbonyl (C=O) groups excluding carboxylic acids is 1. The second-order valence-electron chi connectivity index (χ2n) is 2.48.